The van der Waals surface area contributed by atoms with Gasteiger partial charge < -0.3 is 23.9 Å². The predicted octanol–water partition coefficient (Wildman–Crippen LogP) is 7.15. The first-order valence-electron chi connectivity index (χ1n) is 12.8. The van der Waals surface area contributed by atoms with Gasteiger partial charge in [-0.2, -0.15) is 0 Å². The van der Waals surface area contributed by atoms with E-state index in [1.807, 2.05) is 56.3 Å². The second kappa shape index (κ2) is 10.4. The van der Waals surface area contributed by atoms with Crippen molar-refractivity contribution in [2.75, 3.05) is 19.8 Å². The smallest absolute Gasteiger partial charge is 0.416 e. The summed E-state index contributed by atoms with van der Waals surface area (Å²) in [5.74, 6) is 0.550. The fourth-order valence-electron chi connectivity index (χ4n) is 5.25. The summed E-state index contributed by atoms with van der Waals surface area (Å²) in [4.78, 5) is 18.8. The molecule has 9 heteroatoms. The summed E-state index contributed by atoms with van der Waals surface area (Å²) < 4.78 is 23.2. The van der Waals surface area contributed by atoms with E-state index in [1.165, 1.54) is 0 Å². The maximum absolute atomic E-state index is 13.5. The normalized spacial score (nSPS) is 20.2. The second-order valence-corrected chi connectivity index (χ2v) is 11.1. The maximum atomic E-state index is 13.5. The van der Waals surface area contributed by atoms with Gasteiger partial charge in [-0.3, -0.25) is 4.90 Å². The third-order valence-corrected chi connectivity index (χ3v) is 7.53. The van der Waals surface area contributed by atoms with Gasteiger partial charge in [0.25, 0.3) is 0 Å². The fourth-order valence-corrected chi connectivity index (χ4v) is 5.54. The number of aromatic nitrogens is 1. The van der Waals surface area contributed by atoms with E-state index in [1.54, 1.807) is 29.2 Å². The maximum Gasteiger partial charge on any atom is 0.416 e. The number of benzene rings is 3. The van der Waals surface area contributed by atoms with Crippen LogP contribution in [0.5, 0.6) is 11.5 Å². The molecular weight excluding hydrogens is 539 g/mol. The van der Waals surface area contributed by atoms with E-state index >= 15 is 0 Å². The van der Waals surface area contributed by atoms with Crippen LogP contribution in [0.4, 0.5) is 4.79 Å². The Labute approximate surface area is 236 Å². The molecule has 0 spiro atoms. The molecule has 4 aromatic rings. The van der Waals surface area contributed by atoms with Crippen molar-refractivity contribution in [3.8, 4) is 11.5 Å². The first-order valence-corrected chi connectivity index (χ1v) is 13.6. The number of carbonyl (C=O) groups is 1. The average molecular weight is 567 g/mol. The Morgan fingerprint density at radius 2 is 1.74 bits per heavy atom. The number of H-pyrrole nitrogens is 1. The minimum Gasteiger partial charge on any atom is -0.491 e. The lowest BCUT2D eigenvalue weighted by molar-refractivity contribution is -0.141. The van der Waals surface area contributed by atoms with Crippen LogP contribution in [0, 0.1) is 0 Å². The number of hydrogen-bond donors (Lipinski definition) is 1. The van der Waals surface area contributed by atoms with Gasteiger partial charge in [0.15, 0.2) is 5.79 Å². The van der Waals surface area contributed by atoms with Gasteiger partial charge in [-0.25, -0.2) is 4.79 Å². The Morgan fingerprint density at radius 1 is 1.03 bits per heavy atom. The van der Waals surface area contributed by atoms with E-state index in [0.717, 1.165) is 27.7 Å². The van der Waals surface area contributed by atoms with E-state index in [2.05, 4.69) is 4.98 Å². The van der Waals surface area contributed by atoms with Crippen LogP contribution < -0.4 is 9.47 Å². The molecule has 202 valence electrons. The number of carbonyl (C=O) groups excluding carboxylic acids is 1. The molecule has 1 N–H and O–H groups in total. The molecule has 3 heterocycles. The van der Waals surface area contributed by atoms with Crippen LogP contribution in [-0.4, -0.2) is 47.6 Å². The summed E-state index contributed by atoms with van der Waals surface area (Å²) in [7, 11) is 0. The highest BCUT2D eigenvalue weighted by molar-refractivity contribution is 6.31. The predicted molar refractivity (Wildman–Crippen MR) is 150 cm³/mol. The minimum atomic E-state index is -0.593. The van der Waals surface area contributed by atoms with Gasteiger partial charge in [-0.15, -0.1) is 0 Å². The number of nitrogens with zero attached hydrogens (tertiary/aromatic N) is 1. The van der Waals surface area contributed by atoms with Gasteiger partial charge in [-0.1, -0.05) is 35.3 Å². The molecule has 0 unspecified atom stereocenters. The van der Waals surface area contributed by atoms with Crippen LogP contribution in [0.1, 0.15) is 36.7 Å². The molecule has 7 nitrogen and oxygen atoms in total. The largest absolute Gasteiger partial charge is 0.491 e. The van der Waals surface area contributed by atoms with Crippen LogP contribution in [-0.2, 0) is 15.9 Å². The van der Waals surface area contributed by atoms with Crippen LogP contribution in [0.3, 0.4) is 0 Å². The molecule has 2 atom stereocenters. The Morgan fingerprint density at radius 3 is 2.46 bits per heavy atom. The Balaban J connectivity index is 1.29. The van der Waals surface area contributed by atoms with Crippen molar-refractivity contribution in [2.45, 2.75) is 38.2 Å². The zero-order chi connectivity index (χ0) is 27.1. The summed E-state index contributed by atoms with van der Waals surface area (Å²) >= 11 is 12.3. The zero-order valence-corrected chi connectivity index (χ0v) is 23.1. The highest BCUT2D eigenvalue weighted by Gasteiger charge is 2.36. The van der Waals surface area contributed by atoms with Crippen LogP contribution in [0.25, 0.3) is 10.9 Å². The fraction of sp³-hybridized carbons (Fsp3) is 0.300. The highest BCUT2D eigenvalue weighted by Crippen LogP contribution is 2.40. The van der Waals surface area contributed by atoms with Crippen LogP contribution in [0.15, 0.2) is 66.7 Å². The summed E-state index contributed by atoms with van der Waals surface area (Å²) in [6.45, 7) is 5.14. The van der Waals surface area contributed by atoms with Gasteiger partial charge in [0.2, 0.25) is 0 Å². The molecule has 3 aromatic carbocycles. The monoisotopic (exact) mass is 566 g/mol. The average Bonchev–Trinajstić information content (AvgIpc) is 3.47. The molecule has 2 aliphatic heterocycles. The van der Waals surface area contributed by atoms with Crippen molar-refractivity contribution in [3.05, 3.63) is 93.6 Å². The molecule has 1 aromatic heterocycles. The number of hydrogen-bond acceptors (Lipinski definition) is 5. The summed E-state index contributed by atoms with van der Waals surface area (Å²) in [6.07, 6.45) is 0.103. The Bertz CT molecular complexity index is 1500. The van der Waals surface area contributed by atoms with E-state index in [-0.39, 0.29) is 12.1 Å². The molecule has 39 heavy (non-hydrogen) atoms. The number of nitrogens with one attached hydrogen (secondary N) is 1. The zero-order valence-electron chi connectivity index (χ0n) is 21.6. The van der Waals surface area contributed by atoms with Crippen molar-refractivity contribution in [1.29, 1.82) is 0 Å². The molecule has 0 bridgehead atoms. The highest BCUT2D eigenvalue weighted by atomic mass is 35.5. The van der Waals surface area contributed by atoms with Gasteiger partial charge in [0.1, 0.15) is 30.3 Å². The third kappa shape index (κ3) is 5.45. The first-order chi connectivity index (χ1) is 18.8. The number of amides is 1. The second-order valence-electron chi connectivity index (χ2n) is 10.2. The van der Waals surface area contributed by atoms with Crippen molar-refractivity contribution < 1.29 is 23.7 Å². The van der Waals surface area contributed by atoms with E-state index in [4.69, 9.17) is 42.1 Å². The van der Waals surface area contributed by atoms with E-state index < -0.39 is 11.9 Å². The van der Waals surface area contributed by atoms with E-state index in [9.17, 15) is 4.79 Å². The topological polar surface area (TPSA) is 73.0 Å². The van der Waals surface area contributed by atoms with Gasteiger partial charge in [0, 0.05) is 33.2 Å². The van der Waals surface area contributed by atoms with Crippen molar-refractivity contribution in [1.82, 2.24) is 9.88 Å². The number of halogens is 2. The summed E-state index contributed by atoms with van der Waals surface area (Å²) in [5, 5.41) is 2.31. The van der Waals surface area contributed by atoms with Crippen LogP contribution in [0.2, 0.25) is 10.0 Å². The molecule has 6 rings (SSSR count). The summed E-state index contributed by atoms with van der Waals surface area (Å²) in [6, 6.07) is 19.9. The quantitative estimate of drug-likeness (QED) is 0.277. The lowest BCUT2D eigenvalue weighted by Crippen LogP contribution is -2.42. The number of aromatic amines is 1. The minimum absolute atomic E-state index is 0.128. The third-order valence-electron chi connectivity index (χ3n) is 7.04. The van der Waals surface area contributed by atoms with E-state index in [0.29, 0.717) is 47.7 Å². The standard InChI is InChI=1S/C30H28Cl2N2O5/c1-30(2)37-17-23(39-30)16-36-21-8-3-18(4-9-21)28-27-24(25-15-20(32)7-12-26(25)33-27)13-14-34(28)29(35)38-22-10-5-19(31)6-11-22/h3-12,15,23,28,33H,13-14,16-17H2,1-2H3/t23-,28-/m0/s1. The molecule has 1 fully saturated rings. The molecular formula is C30H28Cl2N2O5. The molecule has 1 saturated heterocycles. The van der Waals surface area contributed by atoms with Crippen LogP contribution >= 0.6 is 23.2 Å². The van der Waals surface area contributed by atoms with Gasteiger partial charge in [-0.05, 0) is 86.0 Å². The lowest BCUT2D eigenvalue weighted by atomic mass is 9.92. The first kappa shape index (κ1) is 26.0. The van der Waals surface area contributed by atoms with Crippen molar-refractivity contribution >= 4 is 40.2 Å². The number of fused-ring (bicyclic) bond motifs is 3. The van der Waals surface area contributed by atoms with Crippen molar-refractivity contribution in [3.63, 3.8) is 0 Å². The molecule has 2 aliphatic rings. The SMILES string of the molecule is CC1(C)OC[C@H](COc2ccc([C@H]3c4[nH]c5ccc(Cl)cc5c4CCN3C(=O)Oc3ccc(Cl)cc3)cc2)O1. The summed E-state index contributed by atoms with van der Waals surface area (Å²) in [5.41, 5.74) is 3.99. The van der Waals surface area contributed by atoms with Gasteiger partial charge in [0.05, 0.1) is 6.61 Å². The van der Waals surface area contributed by atoms with Gasteiger partial charge >= 0.3 is 6.09 Å². The molecule has 0 aliphatic carbocycles. The Hall–Kier alpha value is -3.23. The molecule has 1 amide bonds. The Kier molecular flexibility index (Phi) is 6.93. The molecule has 0 saturated carbocycles. The lowest BCUT2D eigenvalue weighted by Gasteiger charge is -2.35. The van der Waals surface area contributed by atoms with Crippen molar-refractivity contribution in [2.24, 2.45) is 0 Å². The molecule has 0 radical (unpaired) electrons. The number of rotatable bonds is 5. The number of ether oxygens (including phenoxy) is 4.